The number of pyridine rings is 1. The zero-order chi connectivity index (χ0) is 49.6. The Morgan fingerprint density at radius 2 is 1.74 bits per heavy atom. The molecule has 0 spiro atoms. The van der Waals surface area contributed by atoms with E-state index in [9.17, 15) is 29.5 Å². The molecule has 16 nitrogen and oxygen atoms in total. The third-order valence-corrected chi connectivity index (χ3v) is 13.3. The molecule has 0 saturated carbocycles. The Labute approximate surface area is 412 Å². The van der Waals surface area contributed by atoms with Gasteiger partial charge in [-0.15, -0.1) is 0 Å². The van der Waals surface area contributed by atoms with Gasteiger partial charge in [0, 0.05) is 66.4 Å². The minimum absolute atomic E-state index is 0.0588. The second-order valence-electron chi connectivity index (χ2n) is 18.8. The predicted molar refractivity (Wildman–Crippen MR) is 261 cm³/mol. The van der Waals surface area contributed by atoms with E-state index in [4.69, 9.17) is 32.7 Å². The summed E-state index contributed by atoms with van der Waals surface area (Å²) in [5.74, 6) is -1.40. The van der Waals surface area contributed by atoms with Crippen LogP contribution in [0.15, 0.2) is 97.3 Å². The summed E-state index contributed by atoms with van der Waals surface area (Å²) < 4.78 is 15.2. The summed E-state index contributed by atoms with van der Waals surface area (Å²) >= 11 is 12.7. The molecule has 0 bridgehead atoms. The largest absolute Gasteiger partial charge is 0.619 e. The molecule has 18 heteroatoms. The smallest absolute Gasteiger partial charge is 0.304 e. The van der Waals surface area contributed by atoms with Gasteiger partial charge in [0.1, 0.15) is 29.1 Å². The number of piperidine rings is 1. The zero-order valence-corrected chi connectivity index (χ0v) is 41.3. The highest BCUT2D eigenvalue weighted by molar-refractivity contribution is 6.31. The highest BCUT2D eigenvalue weighted by Gasteiger charge is 2.50. The van der Waals surface area contributed by atoms with E-state index in [2.05, 4.69) is 25.1 Å². The Hall–Kier alpha value is -6.04. The topological polar surface area (TPSA) is 186 Å². The van der Waals surface area contributed by atoms with Crippen molar-refractivity contribution in [3.05, 3.63) is 135 Å². The summed E-state index contributed by atoms with van der Waals surface area (Å²) in [5.41, 5.74) is 1.64. The SMILES string of the molecule is C[C@H](NCc1ccc(Cl)cc1Oc1ccc(-c2cnc(CN(C)C)n2C)cc1)C(=O)N1[C@H](C(=O)N[C@@]2(Cc3ccc(Cl)cc3)CCCN(C(=O)[C@@H](CC(=O)O)Cc3cccc[n+]3[O-])C2)COC1(C)C. The van der Waals surface area contributed by atoms with E-state index >= 15 is 0 Å². The van der Waals surface area contributed by atoms with Crippen LogP contribution in [0.2, 0.25) is 10.0 Å². The minimum Gasteiger partial charge on any atom is -0.619 e. The summed E-state index contributed by atoms with van der Waals surface area (Å²) in [4.78, 5) is 65.3. The van der Waals surface area contributed by atoms with Crippen molar-refractivity contribution in [1.82, 2.24) is 34.9 Å². The quantitative estimate of drug-likeness (QED) is 0.0654. The molecule has 2 saturated heterocycles. The third kappa shape index (κ3) is 12.4. The molecule has 0 radical (unpaired) electrons. The Bertz CT molecular complexity index is 2640. The number of carboxylic acids is 1. The van der Waals surface area contributed by atoms with Gasteiger partial charge < -0.3 is 44.8 Å². The van der Waals surface area contributed by atoms with E-state index < -0.39 is 53.5 Å². The summed E-state index contributed by atoms with van der Waals surface area (Å²) in [6.45, 7) is 6.46. The lowest BCUT2D eigenvalue weighted by atomic mass is 9.82. The Morgan fingerprint density at radius 1 is 1.01 bits per heavy atom. The van der Waals surface area contributed by atoms with Crippen molar-refractivity contribution in [3.63, 3.8) is 0 Å². The van der Waals surface area contributed by atoms with Crippen LogP contribution in [0.5, 0.6) is 11.5 Å². The van der Waals surface area contributed by atoms with E-state index in [1.807, 2.05) is 69.8 Å². The first-order valence-electron chi connectivity index (χ1n) is 23.0. The maximum atomic E-state index is 14.7. The molecule has 0 unspecified atom stereocenters. The number of rotatable bonds is 18. The molecule has 5 aromatic rings. The lowest BCUT2D eigenvalue weighted by Gasteiger charge is -2.45. The number of nitrogens with zero attached hydrogens (tertiary/aromatic N) is 6. The van der Waals surface area contributed by atoms with Gasteiger partial charge in [-0.25, -0.2) is 4.98 Å². The normalized spacial score (nSPS) is 18.8. The van der Waals surface area contributed by atoms with Crippen LogP contribution in [-0.2, 0) is 56.9 Å². The molecule has 2 aromatic heterocycles. The number of imidazole rings is 1. The Kier molecular flexibility index (Phi) is 16.0. The summed E-state index contributed by atoms with van der Waals surface area (Å²) in [6, 6.07) is 23.2. The number of hydrogen-bond acceptors (Lipinski definition) is 10. The molecule has 4 heterocycles. The average molecular weight is 984 g/mol. The van der Waals surface area contributed by atoms with Crippen molar-refractivity contribution in [2.45, 2.75) is 89.3 Å². The lowest BCUT2D eigenvalue weighted by molar-refractivity contribution is -0.614. The van der Waals surface area contributed by atoms with Crippen molar-refractivity contribution in [3.8, 4) is 22.8 Å². The van der Waals surface area contributed by atoms with Crippen LogP contribution in [0.1, 0.15) is 62.7 Å². The second kappa shape index (κ2) is 21.7. The maximum Gasteiger partial charge on any atom is 0.304 e. The van der Waals surface area contributed by atoms with Crippen molar-refractivity contribution >= 4 is 46.9 Å². The fraction of sp³-hybridized carbons (Fsp3) is 0.412. The van der Waals surface area contributed by atoms with Crippen LogP contribution >= 0.6 is 23.2 Å². The fourth-order valence-corrected chi connectivity index (χ4v) is 9.54. The van der Waals surface area contributed by atoms with E-state index in [-0.39, 0.29) is 37.7 Å². The average Bonchev–Trinajstić information content (AvgIpc) is 3.83. The van der Waals surface area contributed by atoms with Gasteiger partial charge in [-0.1, -0.05) is 47.5 Å². The minimum atomic E-state index is -1.17. The molecule has 2 aliphatic rings. The standard InChI is InChI=1S/C51H60Cl2N8O8/c1-33(54-28-36-13-18-39(53)26-44(36)69-41-19-14-35(15-20-41)42-29-55-45(58(42)6)30-57(4)5)48(65)61-43(31-68-50(61,2)3)47(64)56-51(27-34-11-16-38(52)17-12-34)21-9-22-59(32-51)49(66)37(25-46(62)63)24-40-10-7-8-23-60(40)67/h7-8,10-20,23,26,29,33,37,43,54H,9,21-22,24-25,27-28,30-32H2,1-6H3,(H,56,64)(H,62,63)/t33-,37+,43-,51+/m0/s1. The van der Waals surface area contributed by atoms with Crippen molar-refractivity contribution < 1.29 is 38.5 Å². The number of hydrogen-bond donors (Lipinski definition) is 3. The zero-order valence-electron chi connectivity index (χ0n) is 39.8. The number of amides is 3. The molecule has 3 N–H and O–H groups in total. The molecule has 3 amide bonds. The molecular weight excluding hydrogens is 924 g/mol. The molecule has 7 rings (SSSR count). The molecule has 0 aliphatic carbocycles. The predicted octanol–water partition coefficient (Wildman–Crippen LogP) is 6.38. The highest BCUT2D eigenvalue weighted by atomic mass is 35.5. The van der Waals surface area contributed by atoms with Crippen molar-refractivity contribution in [2.75, 3.05) is 33.8 Å². The van der Waals surface area contributed by atoms with Crippen LogP contribution in [-0.4, -0.2) is 110 Å². The van der Waals surface area contributed by atoms with Crippen LogP contribution in [0.4, 0.5) is 0 Å². The van der Waals surface area contributed by atoms with E-state index in [1.165, 1.54) is 11.1 Å². The van der Waals surface area contributed by atoms with E-state index in [0.29, 0.717) is 58.6 Å². The number of likely N-dealkylation sites (tertiary alicyclic amines) is 1. The van der Waals surface area contributed by atoms with Crippen LogP contribution in [0.3, 0.4) is 0 Å². The third-order valence-electron chi connectivity index (χ3n) is 12.8. The van der Waals surface area contributed by atoms with E-state index in [0.717, 1.165) is 28.2 Å². The molecule has 69 heavy (non-hydrogen) atoms. The van der Waals surface area contributed by atoms with Gasteiger partial charge >= 0.3 is 5.97 Å². The molecule has 2 fully saturated rings. The number of halogens is 2. The molecular formula is C51H60Cl2N8O8. The van der Waals surface area contributed by atoms with Crippen LogP contribution in [0, 0.1) is 11.1 Å². The Morgan fingerprint density at radius 3 is 2.43 bits per heavy atom. The van der Waals surface area contributed by atoms with Gasteiger partial charge in [0.2, 0.25) is 17.7 Å². The first-order chi connectivity index (χ1) is 32.8. The van der Waals surface area contributed by atoms with Gasteiger partial charge in [-0.3, -0.25) is 24.1 Å². The molecule has 2 aliphatic heterocycles. The summed E-state index contributed by atoms with van der Waals surface area (Å²) in [5, 5.41) is 30.0. The summed E-state index contributed by atoms with van der Waals surface area (Å²) in [7, 11) is 6.00. The number of carbonyl (C=O) groups excluding carboxylic acids is 3. The molecule has 3 aromatic carbocycles. The first kappa shape index (κ1) is 50.8. The number of aromatic nitrogens is 3. The van der Waals surface area contributed by atoms with Crippen LogP contribution < -0.4 is 20.1 Å². The second-order valence-corrected chi connectivity index (χ2v) is 19.6. The summed E-state index contributed by atoms with van der Waals surface area (Å²) in [6.07, 6.45) is 3.89. The number of carboxylic acid groups (broad SMARTS) is 1. The van der Waals surface area contributed by atoms with Gasteiger partial charge in [-0.2, -0.15) is 4.73 Å². The maximum absolute atomic E-state index is 14.7. The number of aliphatic carboxylic acids is 1. The lowest BCUT2D eigenvalue weighted by Crippen LogP contribution is -2.65. The first-order valence-corrected chi connectivity index (χ1v) is 23.7. The fourth-order valence-electron chi connectivity index (χ4n) is 9.25. The van der Waals surface area contributed by atoms with Gasteiger partial charge in [0.05, 0.1) is 49.0 Å². The monoisotopic (exact) mass is 982 g/mol. The number of benzene rings is 3. The van der Waals surface area contributed by atoms with Crippen molar-refractivity contribution in [2.24, 2.45) is 13.0 Å². The van der Waals surface area contributed by atoms with Crippen molar-refractivity contribution in [1.29, 1.82) is 0 Å². The van der Waals surface area contributed by atoms with Gasteiger partial charge in [0.25, 0.3) is 0 Å². The number of nitrogens with one attached hydrogen (secondary N) is 2. The van der Waals surface area contributed by atoms with Crippen LogP contribution in [0.25, 0.3) is 11.3 Å². The molecule has 4 atom stereocenters. The van der Waals surface area contributed by atoms with Gasteiger partial charge in [0.15, 0.2) is 11.9 Å². The number of carbonyl (C=O) groups is 4. The highest BCUT2D eigenvalue weighted by Crippen LogP contribution is 2.34. The van der Waals surface area contributed by atoms with E-state index in [1.54, 1.807) is 68.1 Å². The number of ether oxygens (including phenoxy) is 2. The Balaban J connectivity index is 1.06. The van der Waals surface area contributed by atoms with Gasteiger partial charge in [-0.05, 0) is 108 Å². The molecule has 366 valence electrons.